The van der Waals surface area contributed by atoms with Gasteiger partial charge in [0.1, 0.15) is 11.6 Å². The Bertz CT molecular complexity index is 440. The first-order chi connectivity index (χ1) is 8.25. The van der Waals surface area contributed by atoms with E-state index in [9.17, 15) is 9.18 Å². The van der Waals surface area contributed by atoms with Crippen LogP contribution in [0.4, 0.5) is 4.39 Å². The van der Waals surface area contributed by atoms with Crippen LogP contribution in [0.5, 0.6) is 0 Å². The smallest absolute Gasteiger partial charge is 0.142 e. The molecule has 0 saturated heterocycles. The van der Waals surface area contributed by atoms with Crippen LogP contribution in [0.1, 0.15) is 26.3 Å². The number of rotatable bonds is 4. The monoisotopic (exact) mass is 271 g/mol. The second-order valence-corrected chi connectivity index (χ2v) is 5.91. The molecule has 0 amide bonds. The number of carbonyl (C=O) groups excluding carboxylic acids is 1. The minimum absolute atomic E-state index is 0.0881. The number of halogens is 2. The molecule has 0 aliphatic heterocycles. The van der Waals surface area contributed by atoms with Gasteiger partial charge in [0.15, 0.2) is 0 Å². The summed E-state index contributed by atoms with van der Waals surface area (Å²) in [4.78, 5) is 12.2. The van der Waals surface area contributed by atoms with Crippen molar-refractivity contribution in [1.82, 2.24) is 0 Å². The van der Waals surface area contributed by atoms with Crippen LogP contribution in [0.15, 0.2) is 18.2 Å². The van der Waals surface area contributed by atoms with Gasteiger partial charge in [-0.3, -0.25) is 4.79 Å². The van der Waals surface area contributed by atoms with Crippen LogP contribution in [-0.2, 0) is 11.2 Å². The van der Waals surface area contributed by atoms with Crippen molar-refractivity contribution in [2.24, 2.45) is 17.1 Å². The Morgan fingerprint density at radius 1 is 1.44 bits per heavy atom. The number of nitrogens with two attached hydrogens (primary N) is 1. The summed E-state index contributed by atoms with van der Waals surface area (Å²) >= 11 is 5.62. The lowest BCUT2D eigenvalue weighted by Crippen LogP contribution is -2.34. The van der Waals surface area contributed by atoms with Gasteiger partial charge in [-0.15, -0.1) is 0 Å². The molecule has 4 heteroatoms. The number of carbonyl (C=O) groups is 1. The van der Waals surface area contributed by atoms with E-state index < -0.39 is 11.2 Å². The maximum absolute atomic E-state index is 13.3. The van der Waals surface area contributed by atoms with E-state index in [1.165, 1.54) is 12.1 Å². The molecule has 0 spiro atoms. The van der Waals surface area contributed by atoms with E-state index in [0.29, 0.717) is 6.42 Å². The van der Waals surface area contributed by atoms with Crippen molar-refractivity contribution in [2.45, 2.75) is 27.2 Å². The molecule has 0 aliphatic rings. The fourth-order valence-corrected chi connectivity index (χ4v) is 1.96. The number of benzene rings is 1. The van der Waals surface area contributed by atoms with Gasteiger partial charge < -0.3 is 5.73 Å². The van der Waals surface area contributed by atoms with Gasteiger partial charge in [0, 0.05) is 17.9 Å². The highest BCUT2D eigenvalue weighted by atomic mass is 35.5. The summed E-state index contributed by atoms with van der Waals surface area (Å²) in [6.07, 6.45) is 0.445. The third kappa shape index (κ3) is 3.79. The molecule has 2 nitrogen and oxygen atoms in total. The number of ketones is 1. The van der Waals surface area contributed by atoms with Gasteiger partial charge in [-0.1, -0.05) is 38.4 Å². The predicted molar refractivity (Wildman–Crippen MR) is 72.1 cm³/mol. The molecular formula is C14H19ClFNO. The molecule has 0 heterocycles. The van der Waals surface area contributed by atoms with Crippen molar-refractivity contribution in [3.05, 3.63) is 34.6 Å². The molecule has 0 saturated carbocycles. The van der Waals surface area contributed by atoms with Crippen molar-refractivity contribution in [1.29, 1.82) is 0 Å². The Hall–Kier alpha value is -0.930. The molecule has 0 radical (unpaired) electrons. The second kappa shape index (κ2) is 5.81. The van der Waals surface area contributed by atoms with Gasteiger partial charge in [-0.05, 0) is 24.1 Å². The maximum Gasteiger partial charge on any atom is 0.142 e. The summed E-state index contributed by atoms with van der Waals surface area (Å²) in [6, 6.07) is 4.59. The summed E-state index contributed by atoms with van der Waals surface area (Å²) in [7, 11) is 0. The van der Waals surface area contributed by atoms with E-state index in [2.05, 4.69) is 0 Å². The number of Topliss-reactive ketones (excluding diaryl/α,β-unsaturated/α-hetero) is 1. The highest BCUT2D eigenvalue weighted by Gasteiger charge is 2.28. The van der Waals surface area contributed by atoms with E-state index >= 15 is 0 Å². The van der Waals surface area contributed by atoms with Crippen LogP contribution in [0.2, 0.25) is 5.02 Å². The second-order valence-electron chi connectivity index (χ2n) is 5.50. The van der Waals surface area contributed by atoms with Crippen LogP contribution in [-0.4, -0.2) is 12.3 Å². The van der Waals surface area contributed by atoms with E-state index in [1.807, 2.05) is 20.8 Å². The van der Waals surface area contributed by atoms with Crippen molar-refractivity contribution < 1.29 is 9.18 Å². The van der Waals surface area contributed by atoms with Crippen molar-refractivity contribution in [3.63, 3.8) is 0 Å². The van der Waals surface area contributed by atoms with E-state index in [-0.39, 0.29) is 23.3 Å². The maximum atomic E-state index is 13.3. The normalized spacial score (nSPS) is 13.4. The number of hydrogen-bond donors (Lipinski definition) is 1. The molecule has 1 atom stereocenters. The average Bonchev–Trinajstić information content (AvgIpc) is 2.28. The van der Waals surface area contributed by atoms with E-state index in [1.54, 1.807) is 6.07 Å². The van der Waals surface area contributed by atoms with Crippen LogP contribution in [0.3, 0.4) is 0 Å². The van der Waals surface area contributed by atoms with Gasteiger partial charge in [-0.2, -0.15) is 0 Å². The molecule has 18 heavy (non-hydrogen) atoms. The fourth-order valence-electron chi connectivity index (χ4n) is 1.85. The van der Waals surface area contributed by atoms with Crippen LogP contribution >= 0.6 is 11.6 Å². The summed E-state index contributed by atoms with van der Waals surface area (Å²) in [5.41, 5.74) is 5.95. The summed E-state index contributed by atoms with van der Waals surface area (Å²) < 4.78 is 13.3. The Labute approximate surface area is 112 Å². The Balaban J connectivity index is 2.86. The molecule has 0 bridgehead atoms. The van der Waals surface area contributed by atoms with Gasteiger partial charge in [-0.25, -0.2) is 4.39 Å². The molecule has 1 rings (SSSR count). The fraction of sp³-hybridized carbons (Fsp3) is 0.500. The standard InChI is InChI=1S/C14H19ClFNO/c1-14(2,3)13(18)10(8-17)6-9-4-5-11(15)12(16)7-9/h4-5,7,10H,6,8,17H2,1-3H3. The summed E-state index contributed by atoms with van der Waals surface area (Å²) in [5.74, 6) is -0.654. The van der Waals surface area contributed by atoms with Gasteiger partial charge in [0.25, 0.3) is 0 Å². The molecule has 2 N–H and O–H groups in total. The quantitative estimate of drug-likeness (QED) is 0.914. The van der Waals surface area contributed by atoms with E-state index in [0.717, 1.165) is 5.56 Å². The van der Waals surface area contributed by atoms with Crippen molar-refractivity contribution >= 4 is 17.4 Å². The lowest BCUT2D eigenvalue weighted by Gasteiger charge is -2.23. The molecule has 0 fully saturated rings. The molecular weight excluding hydrogens is 253 g/mol. The van der Waals surface area contributed by atoms with Crippen molar-refractivity contribution in [3.8, 4) is 0 Å². The largest absolute Gasteiger partial charge is 0.330 e. The van der Waals surface area contributed by atoms with Gasteiger partial charge in [0.05, 0.1) is 5.02 Å². The first-order valence-electron chi connectivity index (χ1n) is 5.94. The highest BCUT2D eigenvalue weighted by Crippen LogP contribution is 2.24. The topological polar surface area (TPSA) is 43.1 Å². The first kappa shape index (κ1) is 15.1. The SMILES string of the molecule is CC(C)(C)C(=O)C(CN)Cc1ccc(Cl)c(F)c1. The number of hydrogen-bond acceptors (Lipinski definition) is 2. The summed E-state index contributed by atoms with van der Waals surface area (Å²) in [6.45, 7) is 5.85. The lowest BCUT2D eigenvalue weighted by atomic mass is 9.80. The molecule has 100 valence electrons. The molecule has 1 aromatic carbocycles. The zero-order chi connectivity index (χ0) is 13.9. The Kier molecular flexibility index (Phi) is 4.88. The van der Waals surface area contributed by atoms with Crippen LogP contribution < -0.4 is 5.73 Å². The van der Waals surface area contributed by atoms with Gasteiger partial charge >= 0.3 is 0 Å². The highest BCUT2D eigenvalue weighted by molar-refractivity contribution is 6.30. The average molecular weight is 272 g/mol. The molecule has 1 aromatic rings. The van der Waals surface area contributed by atoms with E-state index in [4.69, 9.17) is 17.3 Å². The van der Waals surface area contributed by atoms with Crippen LogP contribution in [0.25, 0.3) is 0 Å². The summed E-state index contributed by atoms with van der Waals surface area (Å²) in [5, 5.41) is 0.0881. The van der Waals surface area contributed by atoms with Gasteiger partial charge in [0.2, 0.25) is 0 Å². The minimum Gasteiger partial charge on any atom is -0.330 e. The predicted octanol–water partition coefficient (Wildman–Crippen LogP) is 3.21. The molecule has 0 aromatic heterocycles. The molecule has 1 unspecified atom stereocenters. The third-order valence-electron chi connectivity index (χ3n) is 2.86. The minimum atomic E-state index is -0.465. The zero-order valence-corrected chi connectivity index (χ0v) is 11.7. The Morgan fingerprint density at radius 3 is 2.50 bits per heavy atom. The first-order valence-corrected chi connectivity index (χ1v) is 6.32. The third-order valence-corrected chi connectivity index (χ3v) is 3.17. The molecule has 0 aliphatic carbocycles. The van der Waals surface area contributed by atoms with Crippen LogP contribution in [0, 0.1) is 17.2 Å². The zero-order valence-electron chi connectivity index (χ0n) is 11.0. The lowest BCUT2D eigenvalue weighted by molar-refractivity contribution is -0.130. The van der Waals surface area contributed by atoms with Crippen molar-refractivity contribution in [2.75, 3.05) is 6.54 Å². The Morgan fingerprint density at radius 2 is 2.06 bits per heavy atom.